The molecule has 0 fully saturated rings. The highest BCUT2D eigenvalue weighted by atomic mass is 35.5. The van der Waals surface area contributed by atoms with Crippen LogP contribution in [-0.4, -0.2) is 15.7 Å². The number of nitrogens with zero attached hydrogens (tertiary/aromatic N) is 2. The maximum Gasteiger partial charge on any atom is 0.279 e. The molecule has 0 aliphatic carbocycles. The lowest BCUT2D eigenvalue weighted by Crippen LogP contribution is -2.16. The van der Waals surface area contributed by atoms with Crippen molar-refractivity contribution in [2.24, 2.45) is 0 Å². The summed E-state index contributed by atoms with van der Waals surface area (Å²) in [4.78, 5) is 12.4. The van der Waals surface area contributed by atoms with Crippen LogP contribution in [0.1, 0.15) is 27.3 Å². The van der Waals surface area contributed by atoms with Crippen molar-refractivity contribution in [3.63, 3.8) is 0 Å². The number of aromatic nitrogens is 2. The Morgan fingerprint density at radius 1 is 1.42 bits per heavy atom. The van der Waals surface area contributed by atoms with Gasteiger partial charge in [0.2, 0.25) is 0 Å². The summed E-state index contributed by atoms with van der Waals surface area (Å²) in [6, 6.07) is 6.98. The molecule has 2 rings (SSSR count). The van der Waals surface area contributed by atoms with Gasteiger partial charge in [-0.3, -0.25) is 4.79 Å². The van der Waals surface area contributed by atoms with E-state index in [0.29, 0.717) is 17.0 Å². The number of benzene rings is 1. The van der Waals surface area contributed by atoms with Crippen LogP contribution in [0.4, 0.5) is 0 Å². The van der Waals surface area contributed by atoms with Crippen LogP contribution in [0.5, 0.6) is 0 Å². The minimum Gasteiger partial charge on any atom is -0.267 e. The van der Waals surface area contributed by atoms with Crippen molar-refractivity contribution in [2.45, 2.75) is 20.3 Å². The van der Waals surface area contributed by atoms with E-state index in [1.807, 2.05) is 13.8 Å². The average molecular weight is 275 g/mol. The van der Waals surface area contributed by atoms with E-state index in [2.05, 4.69) is 11.7 Å². The van der Waals surface area contributed by atoms with Gasteiger partial charge < -0.3 is 0 Å². The molecular formula is C15H15ClN2O. The first-order valence-corrected chi connectivity index (χ1v) is 6.39. The van der Waals surface area contributed by atoms with Gasteiger partial charge in [-0.2, -0.15) is 5.10 Å². The molecular weight excluding hydrogens is 260 g/mol. The van der Waals surface area contributed by atoms with Crippen molar-refractivity contribution in [1.29, 1.82) is 0 Å². The molecule has 0 N–H and O–H groups in total. The molecule has 1 aromatic carbocycles. The van der Waals surface area contributed by atoms with Crippen LogP contribution >= 0.6 is 11.6 Å². The number of carbonyl (C=O) groups excluding carboxylic acids is 1. The maximum absolute atomic E-state index is 12.4. The molecule has 0 radical (unpaired) electrons. The van der Waals surface area contributed by atoms with E-state index in [1.165, 1.54) is 4.68 Å². The number of halogens is 1. The Balaban J connectivity index is 2.48. The molecule has 19 heavy (non-hydrogen) atoms. The van der Waals surface area contributed by atoms with Gasteiger partial charge in [0.05, 0.1) is 16.3 Å². The predicted octanol–water partition coefficient (Wildman–Crippen LogP) is 3.57. The third-order valence-corrected chi connectivity index (χ3v) is 3.42. The van der Waals surface area contributed by atoms with Crippen LogP contribution in [0.3, 0.4) is 0 Å². The van der Waals surface area contributed by atoms with Crippen molar-refractivity contribution in [3.05, 3.63) is 64.5 Å². The van der Waals surface area contributed by atoms with Crippen molar-refractivity contribution >= 4 is 17.5 Å². The van der Waals surface area contributed by atoms with E-state index in [1.54, 1.807) is 30.3 Å². The minimum absolute atomic E-state index is 0.207. The van der Waals surface area contributed by atoms with E-state index >= 15 is 0 Å². The smallest absolute Gasteiger partial charge is 0.267 e. The topological polar surface area (TPSA) is 34.9 Å². The van der Waals surface area contributed by atoms with Crippen LogP contribution in [0.15, 0.2) is 36.9 Å². The summed E-state index contributed by atoms with van der Waals surface area (Å²) >= 11 is 6.05. The Bertz CT molecular complexity index is 644. The summed E-state index contributed by atoms with van der Waals surface area (Å²) in [6.45, 7) is 7.50. The van der Waals surface area contributed by atoms with E-state index in [-0.39, 0.29) is 5.91 Å². The first kappa shape index (κ1) is 13.6. The summed E-state index contributed by atoms with van der Waals surface area (Å²) < 4.78 is 1.41. The molecule has 0 aliphatic rings. The zero-order valence-corrected chi connectivity index (χ0v) is 11.7. The Labute approximate surface area is 117 Å². The zero-order valence-electron chi connectivity index (χ0n) is 11.0. The number of hydrogen-bond acceptors (Lipinski definition) is 2. The molecule has 3 nitrogen and oxygen atoms in total. The summed E-state index contributed by atoms with van der Waals surface area (Å²) in [5.41, 5.74) is 3.18. The van der Waals surface area contributed by atoms with Gasteiger partial charge in [-0.25, -0.2) is 4.68 Å². The lowest BCUT2D eigenvalue weighted by Gasteiger charge is -2.05. The minimum atomic E-state index is -0.207. The average Bonchev–Trinajstić information content (AvgIpc) is 2.67. The van der Waals surface area contributed by atoms with Crippen molar-refractivity contribution in [1.82, 2.24) is 9.78 Å². The Kier molecular flexibility index (Phi) is 3.86. The van der Waals surface area contributed by atoms with E-state index in [0.717, 1.165) is 17.0 Å². The molecule has 0 atom stereocenters. The summed E-state index contributed by atoms with van der Waals surface area (Å²) in [7, 11) is 0. The lowest BCUT2D eigenvalue weighted by atomic mass is 10.1. The van der Waals surface area contributed by atoms with Gasteiger partial charge in [-0.15, -0.1) is 6.58 Å². The second kappa shape index (κ2) is 5.41. The lowest BCUT2D eigenvalue weighted by molar-refractivity contribution is 0.0942. The van der Waals surface area contributed by atoms with Crippen molar-refractivity contribution < 1.29 is 4.79 Å². The van der Waals surface area contributed by atoms with Gasteiger partial charge >= 0.3 is 0 Å². The van der Waals surface area contributed by atoms with E-state index < -0.39 is 0 Å². The zero-order chi connectivity index (χ0) is 14.0. The van der Waals surface area contributed by atoms with Gasteiger partial charge in [0, 0.05) is 11.3 Å². The van der Waals surface area contributed by atoms with Crippen LogP contribution < -0.4 is 0 Å². The standard InChI is InChI=1S/C15H15ClN2O/c1-4-7-12-10(2)17-18(11(12)3)15(19)13-8-5-6-9-14(13)16/h4-6,8-9H,1,7H2,2-3H3. The van der Waals surface area contributed by atoms with Gasteiger partial charge in [0.25, 0.3) is 5.91 Å². The number of allylic oxidation sites excluding steroid dienone is 1. The Morgan fingerprint density at radius 2 is 2.11 bits per heavy atom. The fourth-order valence-electron chi connectivity index (χ4n) is 2.06. The van der Waals surface area contributed by atoms with E-state index in [4.69, 9.17) is 11.6 Å². The largest absolute Gasteiger partial charge is 0.279 e. The second-order valence-corrected chi connectivity index (χ2v) is 4.75. The normalized spacial score (nSPS) is 10.5. The van der Waals surface area contributed by atoms with Gasteiger partial charge in [0.15, 0.2) is 0 Å². The SMILES string of the molecule is C=CCc1c(C)nn(C(=O)c2ccccc2Cl)c1C. The van der Waals surface area contributed by atoms with Crippen LogP contribution in [-0.2, 0) is 6.42 Å². The van der Waals surface area contributed by atoms with Crippen molar-refractivity contribution in [2.75, 3.05) is 0 Å². The summed E-state index contributed by atoms with van der Waals surface area (Å²) in [5, 5.41) is 4.74. The Hall–Kier alpha value is -1.87. The molecule has 0 saturated heterocycles. The number of hydrogen-bond donors (Lipinski definition) is 0. The third kappa shape index (κ3) is 2.47. The summed E-state index contributed by atoms with van der Waals surface area (Å²) in [6.07, 6.45) is 2.51. The number of rotatable bonds is 3. The fourth-order valence-corrected chi connectivity index (χ4v) is 2.28. The fraction of sp³-hybridized carbons (Fsp3) is 0.200. The van der Waals surface area contributed by atoms with Crippen LogP contribution in [0.2, 0.25) is 5.02 Å². The molecule has 0 unspecified atom stereocenters. The van der Waals surface area contributed by atoms with Crippen LogP contribution in [0.25, 0.3) is 0 Å². The monoisotopic (exact) mass is 274 g/mol. The second-order valence-electron chi connectivity index (χ2n) is 4.34. The molecule has 0 saturated carbocycles. The molecule has 0 bridgehead atoms. The molecule has 1 heterocycles. The molecule has 4 heteroatoms. The van der Waals surface area contributed by atoms with Gasteiger partial charge in [0.1, 0.15) is 0 Å². The highest BCUT2D eigenvalue weighted by Gasteiger charge is 2.18. The van der Waals surface area contributed by atoms with Crippen LogP contribution in [0, 0.1) is 13.8 Å². The molecule has 0 amide bonds. The number of carbonyl (C=O) groups is 1. The quantitative estimate of drug-likeness (QED) is 0.802. The van der Waals surface area contributed by atoms with Gasteiger partial charge in [-0.1, -0.05) is 29.8 Å². The highest BCUT2D eigenvalue weighted by molar-refractivity contribution is 6.33. The van der Waals surface area contributed by atoms with Gasteiger partial charge in [-0.05, 0) is 32.4 Å². The molecule has 0 spiro atoms. The first-order chi connectivity index (χ1) is 9.06. The number of aryl methyl sites for hydroxylation is 1. The maximum atomic E-state index is 12.4. The Morgan fingerprint density at radius 3 is 2.74 bits per heavy atom. The van der Waals surface area contributed by atoms with E-state index in [9.17, 15) is 4.79 Å². The van der Waals surface area contributed by atoms with Crippen molar-refractivity contribution in [3.8, 4) is 0 Å². The molecule has 0 aliphatic heterocycles. The third-order valence-electron chi connectivity index (χ3n) is 3.09. The molecule has 1 aromatic heterocycles. The predicted molar refractivity (Wildman–Crippen MR) is 76.8 cm³/mol. The molecule has 98 valence electrons. The summed E-state index contributed by atoms with van der Waals surface area (Å²) in [5.74, 6) is -0.207. The first-order valence-electron chi connectivity index (χ1n) is 6.01. The molecule has 2 aromatic rings. The highest BCUT2D eigenvalue weighted by Crippen LogP contribution is 2.19.